The third kappa shape index (κ3) is 2.61. The first-order valence-corrected chi connectivity index (χ1v) is 7.92. The molecule has 1 saturated carbocycles. The van der Waals surface area contributed by atoms with Crippen molar-refractivity contribution < 1.29 is 0 Å². The van der Waals surface area contributed by atoms with E-state index >= 15 is 0 Å². The molecule has 0 radical (unpaired) electrons. The van der Waals surface area contributed by atoms with E-state index in [4.69, 9.17) is 0 Å². The maximum atomic E-state index is 4.22. The lowest BCUT2D eigenvalue weighted by Crippen LogP contribution is -2.46. The van der Waals surface area contributed by atoms with Gasteiger partial charge in [0.1, 0.15) is 12.2 Å². The molecule has 5 nitrogen and oxygen atoms in total. The monoisotopic (exact) mass is 277 g/mol. The van der Waals surface area contributed by atoms with Gasteiger partial charge in [0.2, 0.25) is 0 Å². The Labute approximate surface area is 121 Å². The SMILES string of the molecule is CCNC1C(CN2CCn3cnnc3C2)CCC1(C)C. The molecule has 3 rings (SSSR count). The molecule has 1 N–H and O–H groups in total. The molecule has 20 heavy (non-hydrogen) atoms. The van der Waals surface area contributed by atoms with Crippen LogP contribution in [0.15, 0.2) is 6.33 Å². The van der Waals surface area contributed by atoms with Gasteiger partial charge < -0.3 is 9.88 Å². The molecular formula is C15H27N5. The maximum Gasteiger partial charge on any atom is 0.147 e. The van der Waals surface area contributed by atoms with E-state index < -0.39 is 0 Å². The van der Waals surface area contributed by atoms with Gasteiger partial charge in [0.15, 0.2) is 0 Å². The van der Waals surface area contributed by atoms with E-state index in [1.54, 1.807) is 0 Å². The molecular weight excluding hydrogens is 250 g/mol. The minimum atomic E-state index is 0.427. The lowest BCUT2D eigenvalue weighted by atomic mass is 9.84. The summed E-state index contributed by atoms with van der Waals surface area (Å²) in [5, 5.41) is 12.0. The van der Waals surface area contributed by atoms with Gasteiger partial charge >= 0.3 is 0 Å². The standard InChI is InChI=1S/C15H27N5/c1-4-16-14-12(5-6-15(14,2)3)9-19-7-8-20-11-17-18-13(20)10-19/h11-12,14,16H,4-10H2,1-3H3. The van der Waals surface area contributed by atoms with Crippen LogP contribution in [-0.4, -0.2) is 45.3 Å². The second kappa shape index (κ2) is 5.45. The highest BCUT2D eigenvalue weighted by atomic mass is 15.3. The lowest BCUT2D eigenvalue weighted by molar-refractivity contribution is 0.156. The van der Waals surface area contributed by atoms with Crippen molar-refractivity contribution in [1.82, 2.24) is 25.0 Å². The smallest absolute Gasteiger partial charge is 0.147 e. The van der Waals surface area contributed by atoms with Crippen LogP contribution < -0.4 is 5.32 Å². The van der Waals surface area contributed by atoms with Gasteiger partial charge in [-0.25, -0.2) is 0 Å². The molecule has 0 amide bonds. The van der Waals surface area contributed by atoms with E-state index in [-0.39, 0.29) is 0 Å². The zero-order chi connectivity index (χ0) is 14.2. The lowest BCUT2D eigenvalue weighted by Gasteiger charge is -2.35. The third-order valence-electron chi connectivity index (χ3n) is 5.11. The quantitative estimate of drug-likeness (QED) is 0.906. The highest BCUT2D eigenvalue weighted by Gasteiger charge is 2.41. The molecule has 112 valence electrons. The van der Waals surface area contributed by atoms with Gasteiger partial charge in [-0.3, -0.25) is 4.90 Å². The first-order valence-electron chi connectivity index (χ1n) is 7.92. The predicted octanol–water partition coefficient (Wildman–Crippen LogP) is 1.51. The fourth-order valence-electron chi connectivity index (χ4n) is 3.98. The second-order valence-electron chi connectivity index (χ2n) is 7.00. The molecule has 2 heterocycles. The zero-order valence-electron chi connectivity index (χ0n) is 13.0. The fourth-order valence-corrected chi connectivity index (χ4v) is 3.98. The van der Waals surface area contributed by atoms with Gasteiger partial charge in [0.05, 0.1) is 6.54 Å². The number of rotatable bonds is 4. The van der Waals surface area contributed by atoms with Crippen molar-refractivity contribution in [3.05, 3.63) is 12.2 Å². The summed E-state index contributed by atoms with van der Waals surface area (Å²) in [6, 6.07) is 0.646. The summed E-state index contributed by atoms with van der Waals surface area (Å²) in [4.78, 5) is 2.56. The summed E-state index contributed by atoms with van der Waals surface area (Å²) in [5.74, 6) is 1.88. The number of fused-ring (bicyclic) bond motifs is 1. The largest absolute Gasteiger partial charge is 0.315 e. The molecule has 2 atom stereocenters. The third-order valence-corrected chi connectivity index (χ3v) is 5.11. The van der Waals surface area contributed by atoms with Crippen molar-refractivity contribution in [1.29, 1.82) is 0 Å². The number of hydrogen-bond acceptors (Lipinski definition) is 4. The first-order chi connectivity index (χ1) is 9.60. The Kier molecular flexibility index (Phi) is 3.82. The molecule has 0 bridgehead atoms. The van der Waals surface area contributed by atoms with Crippen molar-refractivity contribution in [2.24, 2.45) is 11.3 Å². The van der Waals surface area contributed by atoms with Gasteiger partial charge in [-0.15, -0.1) is 10.2 Å². The molecule has 5 heteroatoms. The molecule has 2 aliphatic rings. The van der Waals surface area contributed by atoms with Crippen molar-refractivity contribution in [2.45, 2.75) is 52.7 Å². The van der Waals surface area contributed by atoms with Crippen LogP contribution >= 0.6 is 0 Å². The van der Waals surface area contributed by atoms with E-state index in [1.807, 2.05) is 6.33 Å². The Bertz CT molecular complexity index is 453. The Morgan fingerprint density at radius 1 is 1.40 bits per heavy atom. The fraction of sp³-hybridized carbons (Fsp3) is 0.867. The number of aromatic nitrogens is 3. The molecule has 1 aromatic heterocycles. The first kappa shape index (κ1) is 14.0. The van der Waals surface area contributed by atoms with E-state index in [1.165, 1.54) is 19.4 Å². The summed E-state index contributed by atoms with van der Waals surface area (Å²) in [6.07, 6.45) is 4.53. The van der Waals surface area contributed by atoms with E-state index in [9.17, 15) is 0 Å². The molecule has 0 aromatic carbocycles. The summed E-state index contributed by atoms with van der Waals surface area (Å²) in [7, 11) is 0. The van der Waals surface area contributed by atoms with Crippen molar-refractivity contribution in [2.75, 3.05) is 19.6 Å². The van der Waals surface area contributed by atoms with Crippen molar-refractivity contribution >= 4 is 0 Å². The molecule has 1 fully saturated rings. The van der Waals surface area contributed by atoms with E-state index in [0.29, 0.717) is 11.5 Å². The highest BCUT2D eigenvalue weighted by Crippen LogP contribution is 2.41. The summed E-state index contributed by atoms with van der Waals surface area (Å²) < 4.78 is 2.18. The highest BCUT2D eigenvalue weighted by molar-refractivity contribution is 4.98. The van der Waals surface area contributed by atoms with Crippen molar-refractivity contribution in [3.8, 4) is 0 Å². The van der Waals surface area contributed by atoms with Crippen LogP contribution in [0, 0.1) is 11.3 Å². The summed E-state index contributed by atoms with van der Waals surface area (Å²) in [6.45, 7) is 12.4. The predicted molar refractivity (Wildman–Crippen MR) is 79.3 cm³/mol. The average Bonchev–Trinajstić information content (AvgIpc) is 2.97. The molecule has 0 spiro atoms. The number of nitrogens with zero attached hydrogens (tertiary/aromatic N) is 4. The molecule has 1 aliphatic carbocycles. The number of nitrogens with one attached hydrogen (secondary N) is 1. The zero-order valence-corrected chi connectivity index (χ0v) is 13.0. The second-order valence-corrected chi connectivity index (χ2v) is 7.00. The van der Waals surface area contributed by atoms with Gasteiger partial charge in [0.25, 0.3) is 0 Å². The Balaban J connectivity index is 1.63. The van der Waals surface area contributed by atoms with Crippen LogP contribution in [0.2, 0.25) is 0 Å². The molecule has 2 unspecified atom stereocenters. The molecule has 1 aliphatic heterocycles. The van der Waals surface area contributed by atoms with Gasteiger partial charge in [-0.05, 0) is 30.7 Å². The summed E-state index contributed by atoms with van der Waals surface area (Å²) in [5.41, 5.74) is 0.427. The normalized spacial score (nSPS) is 29.6. The van der Waals surface area contributed by atoms with Crippen LogP contribution in [0.5, 0.6) is 0 Å². The van der Waals surface area contributed by atoms with Crippen LogP contribution in [-0.2, 0) is 13.1 Å². The minimum absolute atomic E-state index is 0.427. The molecule has 1 aromatic rings. The van der Waals surface area contributed by atoms with Gasteiger partial charge in [-0.1, -0.05) is 20.8 Å². The van der Waals surface area contributed by atoms with E-state index in [0.717, 1.165) is 37.9 Å². The Hall–Kier alpha value is -0.940. The van der Waals surface area contributed by atoms with Crippen LogP contribution in [0.3, 0.4) is 0 Å². The average molecular weight is 277 g/mol. The van der Waals surface area contributed by atoms with Crippen molar-refractivity contribution in [3.63, 3.8) is 0 Å². The van der Waals surface area contributed by atoms with Crippen LogP contribution in [0.4, 0.5) is 0 Å². The van der Waals surface area contributed by atoms with Gasteiger partial charge in [0, 0.05) is 25.7 Å². The van der Waals surface area contributed by atoms with Crippen LogP contribution in [0.25, 0.3) is 0 Å². The number of hydrogen-bond donors (Lipinski definition) is 1. The maximum absolute atomic E-state index is 4.22. The van der Waals surface area contributed by atoms with E-state index in [2.05, 4.69) is 45.8 Å². The van der Waals surface area contributed by atoms with Gasteiger partial charge in [-0.2, -0.15) is 0 Å². The summed E-state index contributed by atoms with van der Waals surface area (Å²) >= 11 is 0. The molecule has 0 saturated heterocycles. The minimum Gasteiger partial charge on any atom is -0.315 e. The Morgan fingerprint density at radius 2 is 2.25 bits per heavy atom. The Morgan fingerprint density at radius 3 is 3.05 bits per heavy atom. The topological polar surface area (TPSA) is 46.0 Å². The van der Waals surface area contributed by atoms with Crippen LogP contribution in [0.1, 0.15) is 39.4 Å².